The summed E-state index contributed by atoms with van der Waals surface area (Å²) in [6.45, 7) is 7.30. The number of aromatic nitrogens is 1. The van der Waals surface area contributed by atoms with Crippen LogP contribution in [0.3, 0.4) is 0 Å². The van der Waals surface area contributed by atoms with E-state index in [1.165, 1.54) is 18.9 Å². The van der Waals surface area contributed by atoms with Gasteiger partial charge in [0.25, 0.3) is 5.69 Å². The van der Waals surface area contributed by atoms with Gasteiger partial charge < -0.3 is 15.0 Å². The number of alkyl halides is 3. The van der Waals surface area contributed by atoms with Gasteiger partial charge in [0, 0.05) is 56.2 Å². The van der Waals surface area contributed by atoms with Gasteiger partial charge >= 0.3 is 6.18 Å². The first-order chi connectivity index (χ1) is 17.7. The highest BCUT2D eigenvalue weighted by Gasteiger charge is 2.38. The number of hydrogen-bond acceptors (Lipinski definition) is 7. The molecule has 2 aromatic rings. The van der Waals surface area contributed by atoms with Crippen LogP contribution in [0.1, 0.15) is 51.0 Å². The Morgan fingerprint density at radius 2 is 1.84 bits per heavy atom. The van der Waals surface area contributed by atoms with Gasteiger partial charge in [-0.15, -0.1) is 0 Å². The molecule has 0 bridgehead atoms. The molecule has 0 spiro atoms. The number of pyridine rings is 1. The molecule has 1 saturated carbocycles. The highest BCUT2D eigenvalue weighted by atomic mass is 19.4. The van der Waals surface area contributed by atoms with Crippen molar-refractivity contribution in [3.63, 3.8) is 0 Å². The molecule has 0 amide bonds. The van der Waals surface area contributed by atoms with Gasteiger partial charge in [0.1, 0.15) is 17.1 Å². The number of nitrogens with zero attached hydrogens (tertiary/aromatic N) is 4. The molecule has 1 aromatic heterocycles. The summed E-state index contributed by atoms with van der Waals surface area (Å²) in [5.74, 6) is 1.70. The summed E-state index contributed by atoms with van der Waals surface area (Å²) >= 11 is 0. The zero-order valence-corrected chi connectivity index (χ0v) is 21.0. The molecule has 37 heavy (non-hydrogen) atoms. The number of nitrogens with one attached hydrogen (secondary N) is 1. The zero-order valence-electron chi connectivity index (χ0n) is 21.0. The predicted molar refractivity (Wildman–Crippen MR) is 136 cm³/mol. The van der Waals surface area contributed by atoms with Gasteiger partial charge in [-0.1, -0.05) is 13.3 Å². The van der Waals surface area contributed by atoms with Crippen molar-refractivity contribution in [1.29, 1.82) is 0 Å². The van der Waals surface area contributed by atoms with Crippen LogP contribution < -0.4 is 15.0 Å². The van der Waals surface area contributed by atoms with Crippen LogP contribution in [0, 0.1) is 10.1 Å². The molecule has 8 nitrogen and oxygen atoms in total. The molecular weight excluding hydrogens is 487 g/mol. The Morgan fingerprint density at radius 1 is 1.11 bits per heavy atom. The number of nitro groups is 1. The molecule has 1 N–H and O–H groups in total. The third kappa shape index (κ3) is 7.24. The summed E-state index contributed by atoms with van der Waals surface area (Å²) in [5.41, 5.74) is -1.95. The summed E-state index contributed by atoms with van der Waals surface area (Å²) in [6.07, 6.45) is 2.38. The average Bonchev–Trinajstić information content (AvgIpc) is 2.88. The average molecular weight is 522 g/mol. The molecule has 1 saturated heterocycles. The molecule has 0 radical (unpaired) electrons. The lowest BCUT2D eigenvalue weighted by Gasteiger charge is -2.35. The third-order valence-corrected chi connectivity index (χ3v) is 7.09. The SMILES string of the molecule is CCCCN1CCN(c2cc(O[C@H]3CC[C@H](Nc4ccc([N+](=O)[O-])c(C(F)(F)F)c4)CC3)ccn2)CC1. The summed E-state index contributed by atoms with van der Waals surface area (Å²) < 4.78 is 46.1. The second-order valence-corrected chi connectivity index (χ2v) is 9.75. The summed E-state index contributed by atoms with van der Waals surface area (Å²) in [6, 6.07) is 6.88. The maximum Gasteiger partial charge on any atom is 0.423 e. The molecule has 0 unspecified atom stereocenters. The Bertz CT molecular complexity index is 1050. The van der Waals surface area contributed by atoms with Crippen molar-refractivity contribution in [1.82, 2.24) is 9.88 Å². The number of unbranched alkanes of at least 4 members (excludes halogenated alkanes) is 1. The van der Waals surface area contributed by atoms with E-state index in [-0.39, 0.29) is 17.8 Å². The molecule has 0 atom stereocenters. The minimum absolute atomic E-state index is 0.0155. The Morgan fingerprint density at radius 3 is 2.49 bits per heavy atom. The number of hydrogen-bond donors (Lipinski definition) is 1. The molecule has 1 aliphatic heterocycles. The van der Waals surface area contributed by atoms with Gasteiger partial charge in [0.05, 0.1) is 11.0 Å². The van der Waals surface area contributed by atoms with Gasteiger partial charge in [-0.05, 0) is 56.8 Å². The molecule has 202 valence electrons. The monoisotopic (exact) mass is 521 g/mol. The number of ether oxygens (including phenoxy) is 1. The molecule has 2 heterocycles. The highest BCUT2D eigenvalue weighted by molar-refractivity contribution is 5.55. The number of piperazine rings is 1. The Balaban J connectivity index is 1.28. The van der Waals surface area contributed by atoms with E-state index in [2.05, 4.69) is 27.0 Å². The van der Waals surface area contributed by atoms with Crippen LogP contribution in [-0.4, -0.2) is 59.7 Å². The fourth-order valence-electron chi connectivity index (χ4n) is 4.99. The smallest absolute Gasteiger partial charge is 0.423 e. The molecule has 11 heteroatoms. The standard InChI is InChI=1S/C26H34F3N5O3/c1-2-3-12-32-13-15-33(16-14-32)25-18-22(10-11-30-25)37-21-7-4-19(5-8-21)31-20-6-9-24(34(35)36)23(17-20)26(27,28)29/h6,9-11,17-19,21,31H,2-5,7-8,12-16H2,1H3/t19-,21-. The number of rotatable bonds is 9. The summed E-state index contributed by atoms with van der Waals surface area (Å²) in [7, 11) is 0. The van der Waals surface area contributed by atoms with E-state index >= 15 is 0 Å². The first kappa shape index (κ1) is 27.0. The van der Waals surface area contributed by atoms with Gasteiger partial charge in [-0.25, -0.2) is 4.98 Å². The van der Waals surface area contributed by atoms with Gasteiger partial charge in [0.2, 0.25) is 0 Å². The number of anilines is 2. The molecule has 1 aliphatic carbocycles. The minimum Gasteiger partial charge on any atom is -0.490 e. The summed E-state index contributed by atoms with van der Waals surface area (Å²) in [4.78, 5) is 19.3. The lowest BCUT2D eigenvalue weighted by Crippen LogP contribution is -2.46. The predicted octanol–water partition coefficient (Wildman–Crippen LogP) is 5.73. The maximum atomic E-state index is 13.3. The van der Waals surface area contributed by atoms with Crippen molar-refractivity contribution in [2.24, 2.45) is 0 Å². The highest BCUT2D eigenvalue weighted by Crippen LogP contribution is 2.38. The lowest BCUT2D eigenvalue weighted by molar-refractivity contribution is -0.388. The molecule has 4 rings (SSSR count). The molecule has 1 aromatic carbocycles. The van der Waals surface area contributed by atoms with E-state index in [0.717, 1.165) is 82.1 Å². The minimum atomic E-state index is -4.79. The van der Waals surface area contributed by atoms with E-state index in [1.807, 2.05) is 12.1 Å². The topological polar surface area (TPSA) is 83.8 Å². The molecule has 2 aliphatic rings. The lowest BCUT2D eigenvalue weighted by atomic mass is 9.92. The van der Waals surface area contributed by atoms with Crippen molar-refractivity contribution in [3.8, 4) is 5.75 Å². The van der Waals surface area contributed by atoms with Crippen molar-refractivity contribution in [3.05, 3.63) is 52.2 Å². The van der Waals surface area contributed by atoms with Crippen LogP contribution in [0.15, 0.2) is 36.5 Å². The second kappa shape index (κ2) is 12.0. The van der Waals surface area contributed by atoms with Crippen molar-refractivity contribution >= 4 is 17.2 Å². The van der Waals surface area contributed by atoms with Crippen LogP contribution >= 0.6 is 0 Å². The Labute approximate surface area is 215 Å². The van der Waals surface area contributed by atoms with Crippen LogP contribution in [0.2, 0.25) is 0 Å². The van der Waals surface area contributed by atoms with E-state index in [0.29, 0.717) is 0 Å². The molecule has 2 fully saturated rings. The van der Waals surface area contributed by atoms with E-state index < -0.39 is 22.4 Å². The normalized spacial score (nSPS) is 21.0. The third-order valence-electron chi connectivity index (χ3n) is 7.09. The first-order valence-electron chi connectivity index (χ1n) is 12.9. The Hall–Kier alpha value is -3.08. The van der Waals surface area contributed by atoms with Crippen LogP contribution in [0.5, 0.6) is 5.75 Å². The zero-order chi connectivity index (χ0) is 26.4. The van der Waals surface area contributed by atoms with E-state index in [9.17, 15) is 23.3 Å². The van der Waals surface area contributed by atoms with E-state index in [1.54, 1.807) is 6.20 Å². The quantitative estimate of drug-likeness (QED) is 0.333. The number of benzene rings is 1. The van der Waals surface area contributed by atoms with Crippen LogP contribution in [0.4, 0.5) is 30.4 Å². The van der Waals surface area contributed by atoms with Crippen molar-refractivity contribution < 1.29 is 22.8 Å². The van der Waals surface area contributed by atoms with Crippen LogP contribution in [-0.2, 0) is 6.18 Å². The van der Waals surface area contributed by atoms with Crippen LogP contribution in [0.25, 0.3) is 0 Å². The largest absolute Gasteiger partial charge is 0.490 e. The van der Waals surface area contributed by atoms with Gasteiger partial charge in [0.15, 0.2) is 0 Å². The van der Waals surface area contributed by atoms with Crippen molar-refractivity contribution in [2.75, 3.05) is 42.9 Å². The maximum absolute atomic E-state index is 13.3. The number of halogens is 3. The first-order valence-corrected chi connectivity index (χ1v) is 12.9. The van der Waals surface area contributed by atoms with Crippen molar-refractivity contribution in [2.45, 2.75) is 63.8 Å². The van der Waals surface area contributed by atoms with E-state index in [4.69, 9.17) is 4.74 Å². The second-order valence-electron chi connectivity index (χ2n) is 9.75. The van der Waals surface area contributed by atoms with Gasteiger partial charge in [-0.2, -0.15) is 13.2 Å². The fraction of sp³-hybridized carbons (Fsp3) is 0.577. The Kier molecular flexibility index (Phi) is 8.73. The van der Waals surface area contributed by atoms with Gasteiger partial charge in [-0.3, -0.25) is 15.0 Å². The molecular formula is C26H34F3N5O3. The fourth-order valence-corrected chi connectivity index (χ4v) is 4.99. The summed E-state index contributed by atoms with van der Waals surface area (Å²) in [5, 5.41) is 14.1. The number of nitro benzene ring substituents is 1.